The Labute approximate surface area is 157 Å². The van der Waals surface area contributed by atoms with Crippen molar-refractivity contribution in [2.24, 2.45) is 0 Å². The number of aliphatic hydroxyl groups is 1. The second-order valence-electron chi connectivity index (χ2n) is 6.22. The number of carbonyl (C=O) groups is 1. The van der Waals surface area contributed by atoms with Crippen molar-refractivity contribution >= 4 is 17.2 Å². The van der Waals surface area contributed by atoms with Gasteiger partial charge in [-0.05, 0) is 35.4 Å². The topological polar surface area (TPSA) is 62.7 Å². The number of benzene rings is 2. The molecule has 0 unspecified atom stereocenters. The highest BCUT2D eigenvalue weighted by atomic mass is 16.5. The molecule has 0 atom stereocenters. The number of ether oxygens (including phenoxy) is 1. The molecular formula is C22H18N2O3. The second kappa shape index (κ2) is 7.33. The van der Waals surface area contributed by atoms with Crippen molar-refractivity contribution in [2.45, 2.75) is 6.61 Å². The van der Waals surface area contributed by atoms with Crippen LogP contribution in [0.2, 0.25) is 0 Å². The monoisotopic (exact) mass is 358 g/mol. The number of nitrogens with zero attached hydrogens (tertiary/aromatic N) is 2. The van der Waals surface area contributed by atoms with Crippen LogP contribution in [0.1, 0.15) is 11.1 Å². The molecule has 2 aromatic carbocycles. The van der Waals surface area contributed by atoms with Crippen LogP contribution in [-0.4, -0.2) is 22.5 Å². The number of carbonyl (C=O) groups excluding carboxylic acids is 1. The van der Waals surface area contributed by atoms with Crippen molar-refractivity contribution in [3.63, 3.8) is 0 Å². The van der Waals surface area contributed by atoms with Gasteiger partial charge in [0.25, 0.3) is 5.91 Å². The van der Waals surface area contributed by atoms with Crippen LogP contribution in [0.5, 0.6) is 5.75 Å². The number of anilines is 1. The van der Waals surface area contributed by atoms with Crippen LogP contribution in [0.15, 0.2) is 84.9 Å². The molecular weight excluding hydrogens is 340 g/mol. The van der Waals surface area contributed by atoms with Crippen molar-refractivity contribution in [3.8, 4) is 5.75 Å². The molecule has 5 nitrogen and oxygen atoms in total. The Balaban J connectivity index is 1.48. The summed E-state index contributed by atoms with van der Waals surface area (Å²) in [4.78, 5) is 18.3. The smallest absolute Gasteiger partial charge is 0.262 e. The summed E-state index contributed by atoms with van der Waals surface area (Å²) in [6.45, 7) is 0.619. The third-order valence-corrected chi connectivity index (χ3v) is 4.40. The summed E-state index contributed by atoms with van der Waals surface area (Å²) < 4.78 is 5.77. The number of rotatable bonds is 5. The van der Waals surface area contributed by atoms with Crippen LogP contribution >= 0.6 is 0 Å². The van der Waals surface area contributed by atoms with Gasteiger partial charge in [-0.1, -0.05) is 42.5 Å². The summed E-state index contributed by atoms with van der Waals surface area (Å²) in [5.41, 5.74) is 2.72. The molecule has 134 valence electrons. The van der Waals surface area contributed by atoms with E-state index in [-0.39, 0.29) is 18.2 Å². The van der Waals surface area contributed by atoms with E-state index in [1.54, 1.807) is 48.8 Å². The van der Waals surface area contributed by atoms with Crippen LogP contribution in [-0.2, 0) is 11.4 Å². The molecule has 0 fully saturated rings. The number of hydrogen-bond donors (Lipinski definition) is 1. The van der Waals surface area contributed by atoms with Gasteiger partial charge in [0.05, 0.1) is 24.0 Å². The molecule has 1 aromatic heterocycles. The van der Waals surface area contributed by atoms with Crippen molar-refractivity contribution in [1.29, 1.82) is 0 Å². The molecule has 1 amide bonds. The van der Waals surface area contributed by atoms with Crippen LogP contribution in [0, 0.1) is 0 Å². The van der Waals surface area contributed by atoms with Gasteiger partial charge in [-0.25, -0.2) is 0 Å². The Morgan fingerprint density at radius 1 is 1.00 bits per heavy atom. The molecule has 27 heavy (non-hydrogen) atoms. The van der Waals surface area contributed by atoms with Gasteiger partial charge in [0.1, 0.15) is 18.1 Å². The Kier molecular flexibility index (Phi) is 4.58. The summed E-state index contributed by atoms with van der Waals surface area (Å²) >= 11 is 0. The highest BCUT2D eigenvalue weighted by molar-refractivity contribution is 6.29. The zero-order chi connectivity index (χ0) is 18.6. The number of amides is 1. The quantitative estimate of drug-likeness (QED) is 0.749. The van der Waals surface area contributed by atoms with Gasteiger partial charge < -0.3 is 9.84 Å². The maximum Gasteiger partial charge on any atom is 0.262 e. The Hall–Kier alpha value is -3.60. The standard InChI is InChI=1S/C22H18N2O3/c25-20-14-24(18-7-4-12-23-13-18)22(26)21(20)17-8-10-19(11-9-17)27-15-16-5-2-1-3-6-16/h1-13,25H,14-15H2. The highest BCUT2D eigenvalue weighted by Crippen LogP contribution is 2.31. The fourth-order valence-corrected chi connectivity index (χ4v) is 3.03. The first-order valence-corrected chi connectivity index (χ1v) is 8.63. The van der Waals surface area contributed by atoms with Gasteiger partial charge in [0, 0.05) is 6.20 Å². The fourth-order valence-electron chi connectivity index (χ4n) is 3.03. The lowest BCUT2D eigenvalue weighted by Crippen LogP contribution is -2.26. The number of pyridine rings is 1. The summed E-state index contributed by atoms with van der Waals surface area (Å²) in [7, 11) is 0. The Bertz CT molecular complexity index is 967. The molecule has 0 saturated carbocycles. The molecule has 0 radical (unpaired) electrons. The molecule has 0 saturated heterocycles. The molecule has 5 heteroatoms. The third-order valence-electron chi connectivity index (χ3n) is 4.40. The highest BCUT2D eigenvalue weighted by Gasteiger charge is 2.32. The average molecular weight is 358 g/mol. The molecule has 1 aliphatic heterocycles. The van der Waals surface area contributed by atoms with Crippen LogP contribution in [0.4, 0.5) is 5.69 Å². The van der Waals surface area contributed by atoms with Gasteiger partial charge in [-0.15, -0.1) is 0 Å². The van der Waals surface area contributed by atoms with E-state index in [9.17, 15) is 9.90 Å². The lowest BCUT2D eigenvalue weighted by molar-refractivity contribution is -0.112. The number of hydrogen-bond acceptors (Lipinski definition) is 4. The molecule has 3 aromatic rings. The van der Waals surface area contributed by atoms with Crippen molar-refractivity contribution in [2.75, 3.05) is 11.4 Å². The predicted molar refractivity (Wildman–Crippen MR) is 103 cm³/mol. The Morgan fingerprint density at radius 2 is 1.78 bits per heavy atom. The van der Waals surface area contributed by atoms with E-state index in [1.165, 1.54) is 4.90 Å². The van der Waals surface area contributed by atoms with E-state index in [1.807, 2.05) is 30.3 Å². The zero-order valence-electron chi connectivity index (χ0n) is 14.6. The van der Waals surface area contributed by atoms with Crippen molar-refractivity contribution < 1.29 is 14.6 Å². The van der Waals surface area contributed by atoms with Gasteiger partial charge in [-0.3, -0.25) is 14.7 Å². The average Bonchev–Trinajstić information content (AvgIpc) is 3.02. The summed E-state index contributed by atoms with van der Waals surface area (Å²) in [5, 5.41) is 10.3. The summed E-state index contributed by atoms with van der Waals surface area (Å²) in [5.74, 6) is 0.525. The molecule has 0 spiro atoms. The van der Waals surface area contributed by atoms with Gasteiger partial charge in [0.15, 0.2) is 0 Å². The first-order valence-electron chi connectivity index (χ1n) is 8.63. The lowest BCUT2D eigenvalue weighted by Gasteiger charge is -2.15. The van der Waals surface area contributed by atoms with E-state index in [2.05, 4.69) is 4.98 Å². The van der Waals surface area contributed by atoms with E-state index in [4.69, 9.17) is 4.74 Å². The summed E-state index contributed by atoms with van der Waals surface area (Å²) in [6.07, 6.45) is 3.25. The van der Waals surface area contributed by atoms with Gasteiger partial charge >= 0.3 is 0 Å². The molecule has 1 N–H and O–H groups in total. The SMILES string of the molecule is O=C1C(c2ccc(OCc3ccccc3)cc2)=C(O)CN1c1cccnc1. The third kappa shape index (κ3) is 3.53. The molecule has 0 bridgehead atoms. The minimum Gasteiger partial charge on any atom is -0.510 e. The fraction of sp³-hybridized carbons (Fsp3) is 0.0909. The normalized spacial score (nSPS) is 13.9. The van der Waals surface area contributed by atoms with Crippen LogP contribution < -0.4 is 9.64 Å². The van der Waals surface area contributed by atoms with E-state index in [0.717, 1.165) is 5.56 Å². The molecule has 0 aliphatic carbocycles. The largest absolute Gasteiger partial charge is 0.510 e. The van der Waals surface area contributed by atoms with E-state index >= 15 is 0 Å². The molecule has 4 rings (SSSR count). The minimum absolute atomic E-state index is 0.0572. The van der Waals surface area contributed by atoms with Gasteiger partial charge in [-0.2, -0.15) is 0 Å². The second-order valence-corrected chi connectivity index (χ2v) is 6.22. The number of aliphatic hydroxyl groups excluding tert-OH is 1. The van der Waals surface area contributed by atoms with Crippen LogP contribution in [0.3, 0.4) is 0 Å². The first kappa shape index (κ1) is 16.8. The molecule has 1 aliphatic rings. The van der Waals surface area contributed by atoms with E-state index in [0.29, 0.717) is 29.2 Å². The maximum atomic E-state index is 12.8. The molecule has 2 heterocycles. The van der Waals surface area contributed by atoms with E-state index < -0.39 is 0 Å². The first-order chi connectivity index (χ1) is 13.2. The number of aromatic nitrogens is 1. The minimum atomic E-state index is -0.238. The van der Waals surface area contributed by atoms with Crippen LogP contribution in [0.25, 0.3) is 5.57 Å². The Morgan fingerprint density at radius 3 is 2.48 bits per heavy atom. The van der Waals surface area contributed by atoms with Gasteiger partial charge in [0.2, 0.25) is 0 Å². The zero-order valence-corrected chi connectivity index (χ0v) is 14.6. The van der Waals surface area contributed by atoms with Crippen molar-refractivity contribution in [3.05, 3.63) is 96.0 Å². The maximum absolute atomic E-state index is 12.8. The predicted octanol–water partition coefficient (Wildman–Crippen LogP) is 3.98. The van der Waals surface area contributed by atoms with Crippen molar-refractivity contribution in [1.82, 2.24) is 4.98 Å². The summed E-state index contributed by atoms with van der Waals surface area (Å²) in [6, 6.07) is 20.6. The lowest BCUT2D eigenvalue weighted by atomic mass is 10.1.